The van der Waals surface area contributed by atoms with Crippen molar-refractivity contribution < 1.29 is 17.3 Å². The van der Waals surface area contributed by atoms with Crippen LogP contribution in [0.25, 0.3) is 11.4 Å². The van der Waals surface area contributed by atoms with E-state index >= 15 is 0 Å². The molecule has 2 atom stereocenters. The number of aromatic nitrogens is 2. The molecule has 2 unspecified atom stereocenters. The molecule has 0 spiro atoms. The maximum Gasteiger partial charge on any atom is 0.244 e. The highest BCUT2D eigenvalue weighted by Gasteiger charge is 2.29. The third-order valence-electron chi connectivity index (χ3n) is 4.60. The molecule has 3 rings (SSSR count). The van der Waals surface area contributed by atoms with Gasteiger partial charge in [0.25, 0.3) is 0 Å². The van der Waals surface area contributed by atoms with Gasteiger partial charge in [-0.3, -0.25) is 4.90 Å². The van der Waals surface area contributed by atoms with Crippen LogP contribution in [0.2, 0.25) is 0 Å². The van der Waals surface area contributed by atoms with E-state index in [4.69, 9.17) is 4.52 Å². The average molecular weight is 382 g/mol. The topological polar surface area (TPSA) is 88.3 Å². The zero-order chi connectivity index (χ0) is 18.9. The van der Waals surface area contributed by atoms with Crippen molar-refractivity contribution in [3.63, 3.8) is 0 Å². The van der Waals surface area contributed by atoms with E-state index in [0.717, 1.165) is 19.4 Å². The van der Waals surface area contributed by atoms with Crippen LogP contribution in [0.1, 0.15) is 37.3 Å². The molecule has 1 fully saturated rings. The normalized spacial score (nSPS) is 20.2. The minimum absolute atomic E-state index is 0.122. The molecule has 1 aliphatic rings. The fourth-order valence-corrected chi connectivity index (χ4v) is 4.02. The number of sulfonamides is 1. The second-order valence-corrected chi connectivity index (χ2v) is 8.60. The maximum absolute atomic E-state index is 13.4. The molecule has 1 aliphatic heterocycles. The van der Waals surface area contributed by atoms with Gasteiger partial charge in [-0.2, -0.15) is 4.98 Å². The first-order chi connectivity index (χ1) is 12.2. The predicted octanol–water partition coefficient (Wildman–Crippen LogP) is 2.26. The molecular weight excluding hydrogens is 359 g/mol. The van der Waals surface area contributed by atoms with E-state index in [2.05, 4.69) is 19.8 Å². The van der Waals surface area contributed by atoms with Crippen LogP contribution in [0.5, 0.6) is 0 Å². The van der Waals surface area contributed by atoms with Gasteiger partial charge in [-0.05, 0) is 57.0 Å². The van der Waals surface area contributed by atoms with Crippen LogP contribution >= 0.6 is 0 Å². The van der Waals surface area contributed by atoms with E-state index in [9.17, 15) is 12.8 Å². The van der Waals surface area contributed by atoms with Crippen molar-refractivity contribution in [3.05, 3.63) is 35.5 Å². The Hall–Kier alpha value is -1.84. The van der Waals surface area contributed by atoms with Gasteiger partial charge in [0, 0.05) is 18.2 Å². The predicted molar refractivity (Wildman–Crippen MR) is 95.4 cm³/mol. The van der Waals surface area contributed by atoms with Gasteiger partial charge >= 0.3 is 0 Å². The first kappa shape index (κ1) is 18.9. The number of nitrogens with one attached hydrogen (secondary N) is 1. The molecule has 0 aliphatic carbocycles. The summed E-state index contributed by atoms with van der Waals surface area (Å²) in [6.07, 6.45) is 2.86. The molecule has 1 aromatic heterocycles. The summed E-state index contributed by atoms with van der Waals surface area (Å²) < 4.78 is 44.4. The second-order valence-electron chi connectivity index (χ2n) is 6.82. The highest BCUT2D eigenvalue weighted by atomic mass is 32.2. The van der Waals surface area contributed by atoms with E-state index in [0.29, 0.717) is 29.4 Å². The van der Waals surface area contributed by atoms with Crippen molar-refractivity contribution in [3.8, 4) is 11.4 Å². The summed E-state index contributed by atoms with van der Waals surface area (Å²) >= 11 is 0. The fourth-order valence-electron chi connectivity index (χ4n) is 3.22. The highest BCUT2D eigenvalue weighted by molar-refractivity contribution is 7.88. The number of aryl methyl sites for hydroxylation is 1. The number of hydrogen-bond acceptors (Lipinski definition) is 6. The molecule has 2 aromatic rings. The van der Waals surface area contributed by atoms with Gasteiger partial charge in [-0.15, -0.1) is 0 Å². The number of piperidine rings is 1. The van der Waals surface area contributed by atoms with Crippen LogP contribution in [0.15, 0.2) is 22.7 Å². The molecule has 9 heteroatoms. The number of likely N-dealkylation sites (tertiary alicyclic amines) is 1. The van der Waals surface area contributed by atoms with Crippen molar-refractivity contribution in [1.29, 1.82) is 0 Å². The SMILES string of the molecule is Cc1cc(-c2noc(C(C)N3CCCC(NS(C)(=O)=O)C3)n2)ccc1F. The number of halogens is 1. The molecule has 0 bridgehead atoms. The summed E-state index contributed by atoms with van der Waals surface area (Å²) in [7, 11) is -3.24. The van der Waals surface area contributed by atoms with Crippen molar-refractivity contribution in [1.82, 2.24) is 19.8 Å². The Morgan fingerprint density at radius 3 is 2.88 bits per heavy atom. The lowest BCUT2D eigenvalue weighted by Crippen LogP contribution is -2.48. The van der Waals surface area contributed by atoms with Gasteiger partial charge in [0.1, 0.15) is 5.82 Å². The molecule has 1 saturated heterocycles. The molecule has 142 valence electrons. The van der Waals surface area contributed by atoms with E-state index < -0.39 is 10.0 Å². The summed E-state index contributed by atoms with van der Waals surface area (Å²) in [5.74, 6) is 0.600. The zero-order valence-electron chi connectivity index (χ0n) is 15.1. The van der Waals surface area contributed by atoms with E-state index in [-0.39, 0.29) is 17.9 Å². The Kier molecular flexibility index (Phi) is 5.40. The number of nitrogens with zero attached hydrogens (tertiary/aromatic N) is 3. The lowest BCUT2D eigenvalue weighted by molar-refractivity contribution is 0.130. The Morgan fingerprint density at radius 2 is 2.19 bits per heavy atom. The molecule has 2 heterocycles. The molecule has 7 nitrogen and oxygen atoms in total. The first-order valence-electron chi connectivity index (χ1n) is 8.54. The van der Waals surface area contributed by atoms with Gasteiger partial charge in [0.2, 0.25) is 21.7 Å². The van der Waals surface area contributed by atoms with E-state index in [1.807, 2.05) is 6.92 Å². The van der Waals surface area contributed by atoms with E-state index in [1.165, 1.54) is 12.3 Å². The lowest BCUT2D eigenvalue weighted by atomic mass is 10.0. The van der Waals surface area contributed by atoms with Gasteiger partial charge in [-0.25, -0.2) is 17.5 Å². The molecule has 1 aromatic carbocycles. The minimum Gasteiger partial charge on any atom is -0.337 e. The van der Waals surface area contributed by atoms with Gasteiger partial charge in [0.15, 0.2) is 0 Å². The van der Waals surface area contributed by atoms with Crippen molar-refractivity contribution >= 4 is 10.0 Å². The summed E-state index contributed by atoms with van der Waals surface area (Å²) in [5.41, 5.74) is 1.22. The maximum atomic E-state index is 13.4. The zero-order valence-corrected chi connectivity index (χ0v) is 15.9. The van der Waals surface area contributed by atoms with Crippen molar-refractivity contribution in [2.24, 2.45) is 0 Å². The molecule has 26 heavy (non-hydrogen) atoms. The van der Waals surface area contributed by atoms with Crippen LogP contribution in [0, 0.1) is 12.7 Å². The average Bonchev–Trinajstić information content (AvgIpc) is 3.05. The second kappa shape index (κ2) is 7.42. The molecule has 0 radical (unpaired) electrons. The summed E-state index contributed by atoms with van der Waals surface area (Å²) in [5, 5.41) is 4.00. The van der Waals surface area contributed by atoms with E-state index in [1.54, 1.807) is 19.1 Å². The van der Waals surface area contributed by atoms with Gasteiger partial charge in [0.05, 0.1) is 12.3 Å². The van der Waals surface area contributed by atoms with Gasteiger partial charge in [-0.1, -0.05) is 5.16 Å². The van der Waals surface area contributed by atoms with Crippen LogP contribution in [-0.4, -0.2) is 48.8 Å². The molecular formula is C17H23FN4O3S. The third kappa shape index (κ3) is 4.46. The standard InChI is InChI=1S/C17H23FN4O3S/c1-11-9-13(6-7-15(11)18)16-19-17(25-20-16)12(2)22-8-4-5-14(10-22)21-26(3,23)24/h6-7,9,12,14,21H,4-5,8,10H2,1-3H3. The molecule has 0 saturated carbocycles. The summed E-state index contributed by atoms with van der Waals surface area (Å²) in [6, 6.07) is 4.43. The monoisotopic (exact) mass is 382 g/mol. The third-order valence-corrected chi connectivity index (χ3v) is 5.36. The highest BCUT2D eigenvalue weighted by Crippen LogP contribution is 2.26. The Bertz CT molecular complexity index is 884. The quantitative estimate of drug-likeness (QED) is 0.853. The molecule has 1 N–H and O–H groups in total. The minimum atomic E-state index is -3.24. The Morgan fingerprint density at radius 1 is 1.42 bits per heavy atom. The van der Waals surface area contributed by atoms with Crippen LogP contribution in [0.4, 0.5) is 4.39 Å². The van der Waals surface area contributed by atoms with Gasteiger partial charge < -0.3 is 4.52 Å². The number of rotatable bonds is 5. The van der Waals surface area contributed by atoms with Crippen LogP contribution in [0.3, 0.4) is 0 Å². The number of hydrogen-bond donors (Lipinski definition) is 1. The molecule has 0 amide bonds. The largest absolute Gasteiger partial charge is 0.337 e. The summed E-state index contributed by atoms with van der Waals surface area (Å²) in [4.78, 5) is 6.57. The fraction of sp³-hybridized carbons (Fsp3) is 0.529. The van der Waals surface area contributed by atoms with Crippen LogP contribution < -0.4 is 4.72 Å². The number of benzene rings is 1. The van der Waals surface area contributed by atoms with Crippen LogP contribution in [-0.2, 0) is 10.0 Å². The Labute approximate surface area is 152 Å². The first-order valence-corrected chi connectivity index (χ1v) is 10.4. The Balaban J connectivity index is 1.73. The van der Waals surface area contributed by atoms with Crippen molar-refractivity contribution in [2.75, 3.05) is 19.3 Å². The summed E-state index contributed by atoms with van der Waals surface area (Å²) in [6.45, 7) is 5.05. The van der Waals surface area contributed by atoms with Crippen molar-refractivity contribution in [2.45, 2.75) is 38.8 Å². The smallest absolute Gasteiger partial charge is 0.244 e. The lowest BCUT2D eigenvalue weighted by Gasteiger charge is -2.35.